The molecular formula is CH3Cl2O5P. The summed E-state index contributed by atoms with van der Waals surface area (Å²) in [4.78, 5) is 3.91. The SMILES string of the molecule is COOP(=O)(OCl)OCl. The van der Waals surface area contributed by atoms with Gasteiger partial charge in [-0.05, 0) is 0 Å². The fraction of sp³-hybridized carbons (Fsp3) is 1.00. The molecule has 0 aliphatic rings. The Hall–Kier alpha value is 0.650. The molecule has 9 heavy (non-hydrogen) atoms. The van der Waals surface area contributed by atoms with Crippen LogP contribution in [-0.2, 0) is 22.3 Å². The molecule has 0 saturated carbocycles. The molecule has 56 valence electrons. The first kappa shape index (κ1) is 9.65. The van der Waals surface area contributed by atoms with Crippen LogP contribution in [0.25, 0.3) is 0 Å². The van der Waals surface area contributed by atoms with Gasteiger partial charge < -0.3 is 0 Å². The molecule has 8 heteroatoms. The Balaban J connectivity index is 3.78. The minimum absolute atomic E-state index is 1.10. The zero-order valence-electron chi connectivity index (χ0n) is 4.24. The molecule has 0 spiro atoms. The topological polar surface area (TPSA) is 54.0 Å². The summed E-state index contributed by atoms with van der Waals surface area (Å²) in [7, 11) is -2.78. The predicted octanol–water partition coefficient (Wildman–Crippen LogP) is 2.01. The number of rotatable bonds is 4. The van der Waals surface area contributed by atoms with Gasteiger partial charge in [-0.3, -0.25) is 0 Å². The third-order valence-electron chi connectivity index (χ3n) is 0.335. The van der Waals surface area contributed by atoms with Crippen LogP contribution in [0.2, 0.25) is 0 Å². The molecule has 0 aromatic carbocycles. The summed E-state index contributed by atoms with van der Waals surface area (Å²) >= 11 is 9.22. The van der Waals surface area contributed by atoms with Crippen molar-refractivity contribution in [2.24, 2.45) is 0 Å². The molecule has 0 rings (SSSR count). The molecule has 5 nitrogen and oxygen atoms in total. The first-order valence-corrected chi connectivity index (χ1v) is 3.69. The maximum atomic E-state index is 10.5. The molecule has 0 bridgehead atoms. The smallest absolute Gasteiger partial charge is 0.230 e. The van der Waals surface area contributed by atoms with Gasteiger partial charge in [0.1, 0.15) is 0 Å². The Morgan fingerprint density at radius 1 is 1.33 bits per heavy atom. The summed E-state index contributed by atoms with van der Waals surface area (Å²) in [5, 5.41) is 0. The summed E-state index contributed by atoms with van der Waals surface area (Å²) in [6, 6.07) is 0. The highest BCUT2D eigenvalue weighted by Gasteiger charge is 2.27. The normalized spacial score (nSPS) is 11.9. The second-order valence-electron chi connectivity index (χ2n) is 0.826. The lowest BCUT2D eigenvalue weighted by Gasteiger charge is -2.04. The van der Waals surface area contributed by atoms with E-state index in [0.717, 1.165) is 7.11 Å². The van der Waals surface area contributed by atoms with Crippen molar-refractivity contribution in [1.29, 1.82) is 0 Å². The van der Waals surface area contributed by atoms with E-state index in [4.69, 9.17) is 0 Å². The van der Waals surface area contributed by atoms with Crippen molar-refractivity contribution in [3.05, 3.63) is 0 Å². The lowest BCUT2D eigenvalue weighted by Crippen LogP contribution is -1.87. The third-order valence-corrected chi connectivity index (χ3v) is 2.02. The van der Waals surface area contributed by atoms with Crippen LogP contribution in [0, 0.1) is 0 Å². The van der Waals surface area contributed by atoms with E-state index in [9.17, 15) is 4.57 Å². The molecule has 0 heterocycles. The average Bonchev–Trinajstić information content (AvgIpc) is 1.89. The van der Waals surface area contributed by atoms with Gasteiger partial charge in [0, 0.05) is 0 Å². The van der Waals surface area contributed by atoms with E-state index in [1.165, 1.54) is 0 Å². The number of hydrogen-bond donors (Lipinski definition) is 0. The fourth-order valence-electron chi connectivity index (χ4n) is 0.125. The number of phosphoric acid groups is 1. The first-order valence-electron chi connectivity index (χ1n) is 1.61. The highest BCUT2D eigenvalue weighted by molar-refractivity contribution is 7.50. The van der Waals surface area contributed by atoms with Gasteiger partial charge in [-0.25, -0.2) is 9.45 Å². The number of halogens is 2. The van der Waals surface area contributed by atoms with Crippen LogP contribution in [0.15, 0.2) is 0 Å². The Morgan fingerprint density at radius 3 is 1.89 bits per heavy atom. The van der Waals surface area contributed by atoms with E-state index in [2.05, 4.69) is 41.4 Å². The van der Waals surface area contributed by atoms with Crippen molar-refractivity contribution < 1.29 is 22.3 Å². The molecular weight excluding hydrogens is 194 g/mol. The molecule has 0 atom stereocenters. The molecule has 0 aliphatic carbocycles. The van der Waals surface area contributed by atoms with Crippen LogP contribution >= 0.6 is 31.6 Å². The maximum absolute atomic E-state index is 10.5. The second-order valence-corrected chi connectivity index (χ2v) is 2.97. The van der Waals surface area contributed by atoms with Gasteiger partial charge in [0.15, 0.2) is 0 Å². The van der Waals surface area contributed by atoms with Gasteiger partial charge in [-0.1, -0.05) is 0 Å². The van der Waals surface area contributed by atoms with Gasteiger partial charge in [-0.2, -0.15) is 8.15 Å². The Labute approximate surface area is 61.6 Å². The molecule has 0 N–H and O–H groups in total. The Kier molecular flexibility index (Phi) is 4.79. The summed E-state index contributed by atoms with van der Waals surface area (Å²) in [5.74, 6) is 0. The standard InChI is InChI=1S/CH3Cl2O5P/c1-5-8-9(4,6-2)7-3/h1H3. The van der Waals surface area contributed by atoms with Crippen molar-refractivity contribution in [2.75, 3.05) is 7.11 Å². The maximum Gasteiger partial charge on any atom is 0.535 e. The Bertz CT molecular complexity index is 108. The molecule has 0 fully saturated rings. The predicted molar refractivity (Wildman–Crippen MR) is 29.6 cm³/mol. The van der Waals surface area contributed by atoms with Crippen LogP contribution in [-0.4, -0.2) is 7.11 Å². The van der Waals surface area contributed by atoms with Crippen LogP contribution in [0.3, 0.4) is 0 Å². The van der Waals surface area contributed by atoms with Gasteiger partial charge in [-0.15, -0.1) is 4.67 Å². The number of hydrogen-bond acceptors (Lipinski definition) is 5. The van der Waals surface area contributed by atoms with Crippen LogP contribution in [0.5, 0.6) is 0 Å². The molecule has 0 amide bonds. The third kappa shape index (κ3) is 3.37. The van der Waals surface area contributed by atoms with Crippen molar-refractivity contribution in [3.8, 4) is 0 Å². The zero-order valence-corrected chi connectivity index (χ0v) is 6.65. The van der Waals surface area contributed by atoms with Crippen molar-refractivity contribution in [2.45, 2.75) is 0 Å². The minimum atomic E-state index is -3.87. The summed E-state index contributed by atoms with van der Waals surface area (Å²) in [6.45, 7) is 0. The van der Waals surface area contributed by atoms with Crippen molar-refractivity contribution >= 4 is 31.6 Å². The van der Waals surface area contributed by atoms with Gasteiger partial charge >= 0.3 is 7.82 Å². The zero-order chi connectivity index (χ0) is 7.33. The first-order chi connectivity index (χ1) is 4.18. The fourth-order valence-corrected chi connectivity index (χ4v) is 0.768. The minimum Gasteiger partial charge on any atom is -0.230 e. The summed E-state index contributed by atoms with van der Waals surface area (Å²) in [6.07, 6.45) is 0. The molecule has 0 aromatic heterocycles. The van der Waals surface area contributed by atoms with Crippen LogP contribution in [0.1, 0.15) is 0 Å². The van der Waals surface area contributed by atoms with Gasteiger partial charge in [0.05, 0.1) is 30.8 Å². The molecule has 0 saturated heterocycles. The molecule has 0 aromatic rings. The summed E-state index contributed by atoms with van der Waals surface area (Å²) in [5.41, 5.74) is 0. The Morgan fingerprint density at radius 2 is 1.78 bits per heavy atom. The molecule has 0 aliphatic heterocycles. The molecule has 0 unspecified atom stereocenters. The second kappa shape index (κ2) is 4.46. The largest absolute Gasteiger partial charge is 0.535 e. The average molecular weight is 197 g/mol. The van der Waals surface area contributed by atoms with E-state index >= 15 is 0 Å². The lowest BCUT2D eigenvalue weighted by atomic mass is 11.8. The van der Waals surface area contributed by atoms with E-state index < -0.39 is 7.82 Å². The monoisotopic (exact) mass is 196 g/mol. The summed E-state index contributed by atoms with van der Waals surface area (Å²) < 4.78 is 21.7. The lowest BCUT2D eigenvalue weighted by molar-refractivity contribution is -0.192. The van der Waals surface area contributed by atoms with E-state index in [1.54, 1.807) is 0 Å². The molecule has 0 radical (unpaired) electrons. The van der Waals surface area contributed by atoms with E-state index in [-0.39, 0.29) is 0 Å². The quantitative estimate of drug-likeness (QED) is 0.391. The highest BCUT2D eigenvalue weighted by atomic mass is 35.5. The van der Waals surface area contributed by atoms with Crippen LogP contribution < -0.4 is 0 Å². The van der Waals surface area contributed by atoms with Crippen molar-refractivity contribution in [3.63, 3.8) is 0 Å². The van der Waals surface area contributed by atoms with Crippen molar-refractivity contribution in [1.82, 2.24) is 0 Å². The van der Waals surface area contributed by atoms with Crippen LogP contribution in [0.4, 0.5) is 0 Å². The van der Waals surface area contributed by atoms with Gasteiger partial charge in [0.2, 0.25) is 0 Å². The van der Waals surface area contributed by atoms with Gasteiger partial charge in [0.25, 0.3) is 0 Å². The highest BCUT2D eigenvalue weighted by Crippen LogP contribution is 2.51. The van der Waals surface area contributed by atoms with E-state index in [0.29, 0.717) is 0 Å². The van der Waals surface area contributed by atoms with E-state index in [1.807, 2.05) is 0 Å².